The first-order valence-corrected chi connectivity index (χ1v) is 9.09. The molecule has 0 bridgehead atoms. The van der Waals surface area contributed by atoms with E-state index in [0.29, 0.717) is 28.0 Å². The lowest BCUT2D eigenvalue weighted by atomic mass is 9.83. The van der Waals surface area contributed by atoms with Crippen LogP contribution < -0.4 is 4.74 Å². The van der Waals surface area contributed by atoms with Gasteiger partial charge in [0.2, 0.25) is 5.12 Å². The molecule has 0 radical (unpaired) electrons. The third kappa shape index (κ3) is 3.06. The number of fused-ring (bicyclic) bond motifs is 2. The molecule has 132 valence electrons. The number of rotatable bonds is 3. The summed E-state index contributed by atoms with van der Waals surface area (Å²) < 4.78 is 5.11. The van der Waals surface area contributed by atoms with Gasteiger partial charge in [-0.1, -0.05) is 24.3 Å². The van der Waals surface area contributed by atoms with E-state index in [4.69, 9.17) is 4.74 Å². The van der Waals surface area contributed by atoms with Crippen molar-refractivity contribution < 1.29 is 19.1 Å². The van der Waals surface area contributed by atoms with Gasteiger partial charge in [-0.2, -0.15) is 0 Å². The van der Waals surface area contributed by atoms with Crippen molar-refractivity contribution in [1.29, 1.82) is 0 Å². The van der Waals surface area contributed by atoms with Crippen LogP contribution in [0, 0.1) is 0 Å². The number of thioether (sulfide) groups is 1. The maximum Gasteiger partial charge on any atom is 0.224 e. The van der Waals surface area contributed by atoms with Gasteiger partial charge >= 0.3 is 0 Å². The number of methoxy groups -OCH3 is 1. The summed E-state index contributed by atoms with van der Waals surface area (Å²) in [5, 5.41) is -0.193. The Morgan fingerprint density at radius 3 is 2.00 bits per heavy atom. The van der Waals surface area contributed by atoms with Crippen molar-refractivity contribution in [2.45, 2.75) is 4.90 Å². The van der Waals surface area contributed by atoms with Crippen LogP contribution in [-0.4, -0.2) is 23.8 Å². The van der Waals surface area contributed by atoms with Crippen molar-refractivity contribution in [3.63, 3.8) is 0 Å². The van der Waals surface area contributed by atoms with Crippen molar-refractivity contribution in [1.82, 2.24) is 0 Å². The van der Waals surface area contributed by atoms with E-state index in [-0.39, 0.29) is 22.2 Å². The number of benzene rings is 3. The molecule has 3 aromatic carbocycles. The number of carbonyl (C=O) groups excluding carboxylic acids is 3. The van der Waals surface area contributed by atoms with E-state index in [1.54, 1.807) is 67.8 Å². The molecular formula is C22H14O4S. The Labute approximate surface area is 160 Å². The summed E-state index contributed by atoms with van der Waals surface area (Å²) in [4.78, 5) is 38.8. The van der Waals surface area contributed by atoms with Crippen LogP contribution >= 0.6 is 11.8 Å². The predicted octanol–water partition coefficient (Wildman–Crippen LogP) is 4.40. The smallest absolute Gasteiger partial charge is 0.224 e. The molecule has 5 heteroatoms. The molecule has 0 unspecified atom stereocenters. The Hall–Kier alpha value is -3.18. The second kappa shape index (κ2) is 6.85. The summed E-state index contributed by atoms with van der Waals surface area (Å²) in [5.41, 5.74) is 1.78. The highest BCUT2D eigenvalue weighted by atomic mass is 32.2. The number of hydrogen-bond donors (Lipinski definition) is 0. The summed E-state index contributed by atoms with van der Waals surface area (Å²) in [6.07, 6.45) is 0. The predicted molar refractivity (Wildman–Crippen MR) is 103 cm³/mol. The number of carbonyl (C=O) groups is 3. The second-order valence-electron chi connectivity index (χ2n) is 6.03. The first kappa shape index (κ1) is 17.2. The summed E-state index contributed by atoms with van der Waals surface area (Å²) >= 11 is 1.06. The van der Waals surface area contributed by atoms with Crippen LogP contribution in [-0.2, 0) is 0 Å². The quantitative estimate of drug-likeness (QED) is 0.497. The first-order chi connectivity index (χ1) is 13.1. The van der Waals surface area contributed by atoms with Crippen LogP contribution in [0.4, 0.5) is 0 Å². The Morgan fingerprint density at radius 1 is 0.778 bits per heavy atom. The molecule has 0 heterocycles. The fourth-order valence-corrected chi connectivity index (χ4v) is 3.77. The third-order valence-corrected chi connectivity index (χ3v) is 5.36. The average Bonchev–Trinajstić information content (AvgIpc) is 2.72. The molecule has 0 atom stereocenters. The van der Waals surface area contributed by atoms with Crippen molar-refractivity contribution in [3.05, 3.63) is 94.5 Å². The zero-order chi connectivity index (χ0) is 19.0. The highest BCUT2D eigenvalue weighted by Gasteiger charge is 2.29. The SMILES string of the molecule is COc1ccc(SC(=O)c2ccc3c(c2)C(=O)c2ccccc2C3=O)cc1. The summed E-state index contributed by atoms with van der Waals surface area (Å²) in [6, 6.07) is 18.6. The van der Waals surface area contributed by atoms with Gasteiger partial charge in [-0.15, -0.1) is 0 Å². The molecule has 27 heavy (non-hydrogen) atoms. The maximum absolute atomic E-state index is 12.8. The standard InChI is InChI=1S/C22H14O4S/c1-26-14-7-9-15(10-8-14)27-22(25)13-6-11-18-19(12-13)21(24)17-5-3-2-4-16(17)20(18)23/h2-12H,1H3. The van der Waals surface area contributed by atoms with E-state index in [0.717, 1.165) is 16.7 Å². The zero-order valence-corrected chi connectivity index (χ0v) is 15.2. The first-order valence-electron chi connectivity index (χ1n) is 8.27. The van der Waals surface area contributed by atoms with Crippen molar-refractivity contribution in [2.75, 3.05) is 7.11 Å². The topological polar surface area (TPSA) is 60.4 Å². The zero-order valence-electron chi connectivity index (χ0n) is 14.4. The fourth-order valence-electron chi connectivity index (χ4n) is 3.04. The highest BCUT2D eigenvalue weighted by molar-refractivity contribution is 8.14. The second-order valence-corrected chi connectivity index (χ2v) is 7.08. The normalized spacial score (nSPS) is 12.3. The minimum Gasteiger partial charge on any atom is -0.497 e. The lowest BCUT2D eigenvalue weighted by Crippen LogP contribution is -2.21. The summed E-state index contributed by atoms with van der Waals surface area (Å²) in [5.74, 6) is 0.287. The summed E-state index contributed by atoms with van der Waals surface area (Å²) in [6.45, 7) is 0. The van der Waals surface area contributed by atoms with E-state index < -0.39 is 0 Å². The van der Waals surface area contributed by atoms with Crippen molar-refractivity contribution >= 4 is 28.4 Å². The van der Waals surface area contributed by atoms with Crippen LogP contribution in [0.25, 0.3) is 0 Å². The largest absolute Gasteiger partial charge is 0.497 e. The van der Waals surface area contributed by atoms with Gasteiger partial charge < -0.3 is 4.74 Å². The summed E-state index contributed by atoms with van der Waals surface area (Å²) in [7, 11) is 1.58. The van der Waals surface area contributed by atoms with Crippen LogP contribution in [0.5, 0.6) is 5.75 Å². The Balaban J connectivity index is 1.65. The van der Waals surface area contributed by atoms with E-state index >= 15 is 0 Å². The van der Waals surface area contributed by atoms with E-state index in [1.165, 1.54) is 6.07 Å². The number of ketones is 2. The molecule has 0 saturated heterocycles. The molecule has 0 spiro atoms. The number of hydrogen-bond acceptors (Lipinski definition) is 5. The van der Waals surface area contributed by atoms with Gasteiger partial charge in [-0.3, -0.25) is 14.4 Å². The molecule has 0 amide bonds. The van der Waals surface area contributed by atoms with Gasteiger partial charge in [0.05, 0.1) is 7.11 Å². The van der Waals surface area contributed by atoms with Gasteiger partial charge in [-0.25, -0.2) is 0 Å². The monoisotopic (exact) mass is 374 g/mol. The van der Waals surface area contributed by atoms with Crippen LogP contribution in [0.3, 0.4) is 0 Å². The molecule has 0 fully saturated rings. The molecule has 1 aliphatic carbocycles. The molecule has 0 aliphatic heterocycles. The van der Waals surface area contributed by atoms with Gasteiger partial charge in [0.15, 0.2) is 11.6 Å². The lowest BCUT2D eigenvalue weighted by molar-refractivity contribution is 0.0978. The van der Waals surface area contributed by atoms with Crippen molar-refractivity contribution in [3.8, 4) is 5.75 Å². The lowest BCUT2D eigenvalue weighted by Gasteiger charge is -2.17. The van der Waals surface area contributed by atoms with Gasteiger partial charge in [0.1, 0.15) is 5.75 Å². The Bertz CT molecular complexity index is 1080. The minimum atomic E-state index is -0.232. The van der Waals surface area contributed by atoms with E-state index in [1.807, 2.05) is 0 Å². The molecule has 4 rings (SSSR count). The fraction of sp³-hybridized carbons (Fsp3) is 0.0455. The molecular weight excluding hydrogens is 360 g/mol. The molecule has 0 saturated carbocycles. The molecule has 1 aliphatic rings. The Kier molecular flexibility index (Phi) is 4.38. The molecule has 0 N–H and O–H groups in total. The Morgan fingerprint density at radius 2 is 1.37 bits per heavy atom. The average molecular weight is 374 g/mol. The van der Waals surface area contributed by atoms with Crippen LogP contribution in [0.1, 0.15) is 42.2 Å². The molecule has 3 aromatic rings. The highest BCUT2D eigenvalue weighted by Crippen LogP contribution is 2.30. The molecule has 0 aromatic heterocycles. The number of ether oxygens (including phenoxy) is 1. The third-order valence-electron chi connectivity index (χ3n) is 4.43. The van der Waals surface area contributed by atoms with E-state index in [9.17, 15) is 14.4 Å². The van der Waals surface area contributed by atoms with Crippen LogP contribution in [0.15, 0.2) is 71.6 Å². The van der Waals surface area contributed by atoms with Gasteiger partial charge in [-0.05, 0) is 54.2 Å². The minimum absolute atomic E-state index is 0.193. The van der Waals surface area contributed by atoms with Gasteiger partial charge in [0.25, 0.3) is 0 Å². The maximum atomic E-state index is 12.8. The van der Waals surface area contributed by atoms with Gasteiger partial charge in [0, 0.05) is 32.7 Å². The van der Waals surface area contributed by atoms with Crippen molar-refractivity contribution in [2.24, 2.45) is 0 Å². The van der Waals surface area contributed by atoms with Crippen LogP contribution in [0.2, 0.25) is 0 Å². The van der Waals surface area contributed by atoms with E-state index in [2.05, 4.69) is 0 Å². The molecule has 4 nitrogen and oxygen atoms in total.